The Bertz CT molecular complexity index is 813. The normalized spacial score (nSPS) is 9.71. The second-order valence-electron chi connectivity index (χ2n) is 6.43. The van der Waals surface area contributed by atoms with E-state index in [0.29, 0.717) is 28.8 Å². The number of ketones is 1. The fourth-order valence-electron chi connectivity index (χ4n) is 2.84. The van der Waals surface area contributed by atoms with E-state index in [1.165, 1.54) is 13.3 Å². The molecule has 0 aliphatic heterocycles. The van der Waals surface area contributed by atoms with Gasteiger partial charge in [-0.15, -0.1) is 0 Å². The van der Waals surface area contributed by atoms with Crippen LogP contribution in [0.4, 0.5) is 0 Å². The number of hydrogen-bond acceptors (Lipinski definition) is 4. The van der Waals surface area contributed by atoms with Crippen molar-refractivity contribution in [3.63, 3.8) is 0 Å². The van der Waals surface area contributed by atoms with Crippen molar-refractivity contribution in [3.8, 4) is 0 Å². The fraction of sp³-hybridized carbons (Fsp3) is 0.476. The van der Waals surface area contributed by atoms with Gasteiger partial charge in [0.15, 0.2) is 12.1 Å². The minimum absolute atomic E-state index is 0.0248. The lowest BCUT2D eigenvalue weighted by Crippen LogP contribution is -2.01. The third kappa shape index (κ3) is 6.20. The SMILES string of the molecule is CC(=O)c1c(Cc2[nH]c(C)c(C=O)c2C)[nH]c(C(=O)O)c1C.CCC.CCO. The molecular weight excluding hydrogens is 360 g/mol. The largest absolute Gasteiger partial charge is 0.477 e. The second-order valence-corrected chi connectivity index (χ2v) is 6.43. The summed E-state index contributed by atoms with van der Waals surface area (Å²) in [6.45, 7) is 12.8. The van der Waals surface area contributed by atoms with Crippen molar-refractivity contribution in [2.45, 2.75) is 61.3 Å². The highest BCUT2D eigenvalue weighted by Crippen LogP contribution is 2.24. The number of carbonyl (C=O) groups is 3. The molecule has 7 nitrogen and oxygen atoms in total. The smallest absolute Gasteiger partial charge is 0.352 e. The number of carboxylic acids is 1. The summed E-state index contributed by atoms with van der Waals surface area (Å²) in [7, 11) is 0. The van der Waals surface area contributed by atoms with E-state index >= 15 is 0 Å². The first-order chi connectivity index (χ1) is 13.1. The second kappa shape index (κ2) is 11.9. The molecule has 2 rings (SSSR count). The molecule has 2 aromatic heterocycles. The number of carboxylic acid groups (broad SMARTS) is 1. The number of nitrogens with one attached hydrogen (secondary N) is 2. The minimum Gasteiger partial charge on any atom is -0.477 e. The molecule has 2 aromatic rings. The first kappa shape index (κ1) is 25.3. The molecule has 0 radical (unpaired) electrons. The van der Waals surface area contributed by atoms with Gasteiger partial charge >= 0.3 is 5.97 Å². The summed E-state index contributed by atoms with van der Waals surface area (Å²) in [4.78, 5) is 40.1. The van der Waals surface area contributed by atoms with Crippen molar-refractivity contribution >= 4 is 18.0 Å². The molecular formula is C21H32N2O5. The first-order valence-electron chi connectivity index (χ1n) is 9.30. The molecule has 0 atom stereocenters. The number of H-pyrrole nitrogens is 2. The average Bonchev–Trinajstić information content (AvgIpc) is 3.05. The molecule has 0 aliphatic carbocycles. The van der Waals surface area contributed by atoms with Crippen LogP contribution in [0, 0.1) is 20.8 Å². The minimum atomic E-state index is -1.10. The number of aldehydes is 1. The molecule has 7 heteroatoms. The number of aromatic carboxylic acids is 1. The van der Waals surface area contributed by atoms with Gasteiger partial charge in [0.1, 0.15) is 5.69 Å². The molecule has 0 spiro atoms. The van der Waals surface area contributed by atoms with Gasteiger partial charge in [-0.1, -0.05) is 20.3 Å². The Hall–Kier alpha value is -2.67. The summed E-state index contributed by atoms with van der Waals surface area (Å²) < 4.78 is 0. The number of carbonyl (C=O) groups excluding carboxylic acids is 2. The monoisotopic (exact) mass is 392 g/mol. The molecule has 0 bridgehead atoms. The molecule has 4 N–H and O–H groups in total. The van der Waals surface area contributed by atoms with E-state index in [1.807, 2.05) is 6.92 Å². The molecule has 0 unspecified atom stereocenters. The van der Waals surface area contributed by atoms with Crippen molar-refractivity contribution in [1.29, 1.82) is 0 Å². The zero-order valence-electron chi connectivity index (χ0n) is 17.8. The number of aliphatic hydroxyl groups excluding tert-OH is 1. The number of aromatic nitrogens is 2. The quantitative estimate of drug-likeness (QED) is 0.452. The Morgan fingerprint density at radius 3 is 1.86 bits per heavy atom. The standard InChI is InChI=1S/C16H18N2O4.C3H8.C2H6O/c1-7-11(6-19)9(3)17-12(7)5-13-14(10(4)20)8(2)15(18-13)16(21)22;1-3-2;1-2-3/h6,17-18H,5H2,1-4H3,(H,21,22);3H2,1-2H3;3H,2H2,1H3. The van der Waals surface area contributed by atoms with Gasteiger partial charge in [0, 0.05) is 41.2 Å². The van der Waals surface area contributed by atoms with Crippen LogP contribution in [0.3, 0.4) is 0 Å². The molecule has 0 amide bonds. The Labute approximate surface area is 166 Å². The van der Waals surface area contributed by atoms with Gasteiger partial charge < -0.3 is 20.2 Å². The Kier molecular flexibility index (Phi) is 10.8. The van der Waals surface area contributed by atoms with Crippen molar-refractivity contribution in [3.05, 3.63) is 45.0 Å². The number of rotatable bonds is 5. The molecule has 0 aliphatic rings. The molecule has 0 saturated heterocycles. The van der Waals surface area contributed by atoms with Gasteiger partial charge in [-0.05, 0) is 45.7 Å². The van der Waals surface area contributed by atoms with E-state index in [4.69, 9.17) is 5.11 Å². The van der Waals surface area contributed by atoms with Crippen LogP contribution >= 0.6 is 0 Å². The maximum Gasteiger partial charge on any atom is 0.352 e. The molecule has 28 heavy (non-hydrogen) atoms. The average molecular weight is 392 g/mol. The van der Waals surface area contributed by atoms with Gasteiger partial charge in [0.2, 0.25) is 0 Å². The van der Waals surface area contributed by atoms with E-state index < -0.39 is 5.97 Å². The van der Waals surface area contributed by atoms with Crippen LogP contribution in [0.5, 0.6) is 0 Å². The Morgan fingerprint density at radius 2 is 1.50 bits per heavy atom. The number of aliphatic hydroxyl groups is 1. The molecule has 0 fully saturated rings. The molecule has 0 aromatic carbocycles. The van der Waals surface area contributed by atoms with Crippen molar-refractivity contribution in [1.82, 2.24) is 9.97 Å². The van der Waals surface area contributed by atoms with E-state index in [0.717, 1.165) is 23.2 Å². The summed E-state index contributed by atoms with van der Waals surface area (Å²) in [5.41, 5.74) is 4.37. The molecule has 0 saturated carbocycles. The number of Topliss-reactive ketones (excluding diaryl/α,β-unsaturated/α-hetero) is 1. The van der Waals surface area contributed by atoms with Gasteiger partial charge in [0.25, 0.3) is 0 Å². The third-order valence-corrected chi connectivity index (χ3v) is 3.96. The van der Waals surface area contributed by atoms with Gasteiger partial charge in [-0.2, -0.15) is 0 Å². The lowest BCUT2D eigenvalue weighted by molar-refractivity contribution is 0.0690. The number of aryl methyl sites for hydroxylation is 1. The van der Waals surface area contributed by atoms with Crippen molar-refractivity contribution in [2.75, 3.05) is 6.61 Å². The summed E-state index contributed by atoms with van der Waals surface area (Å²) in [5.74, 6) is -1.29. The first-order valence-corrected chi connectivity index (χ1v) is 9.30. The third-order valence-electron chi connectivity index (χ3n) is 3.96. The van der Waals surface area contributed by atoms with Crippen LogP contribution in [0.1, 0.15) is 93.5 Å². The summed E-state index contributed by atoms with van der Waals surface area (Å²) >= 11 is 0. The van der Waals surface area contributed by atoms with Crippen molar-refractivity contribution in [2.24, 2.45) is 0 Å². The molecule has 156 valence electrons. The van der Waals surface area contributed by atoms with E-state index in [-0.39, 0.29) is 18.1 Å². The lowest BCUT2D eigenvalue weighted by Gasteiger charge is -2.02. The zero-order chi connectivity index (χ0) is 22.0. The van der Waals surface area contributed by atoms with Gasteiger partial charge in [-0.25, -0.2) is 4.79 Å². The maximum absolute atomic E-state index is 11.8. The van der Waals surface area contributed by atoms with Crippen LogP contribution in [0.25, 0.3) is 0 Å². The zero-order valence-corrected chi connectivity index (χ0v) is 17.8. The van der Waals surface area contributed by atoms with E-state index in [9.17, 15) is 19.5 Å². The highest BCUT2D eigenvalue weighted by atomic mass is 16.4. The van der Waals surface area contributed by atoms with Crippen LogP contribution in [-0.4, -0.2) is 44.8 Å². The van der Waals surface area contributed by atoms with Crippen LogP contribution < -0.4 is 0 Å². The number of aromatic amines is 2. The highest BCUT2D eigenvalue weighted by Gasteiger charge is 2.22. The van der Waals surface area contributed by atoms with Gasteiger partial charge in [0.05, 0.1) is 0 Å². The lowest BCUT2D eigenvalue weighted by atomic mass is 10.0. The van der Waals surface area contributed by atoms with Gasteiger partial charge in [-0.3, -0.25) is 9.59 Å². The Morgan fingerprint density at radius 1 is 1.00 bits per heavy atom. The van der Waals surface area contributed by atoms with Crippen LogP contribution in [0.15, 0.2) is 0 Å². The predicted octanol–water partition coefficient (Wildman–Crippen LogP) is 3.99. The summed E-state index contributed by atoms with van der Waals surface area (Å²) in [6.07, 6.45) is 2.38. The van der Waals surface area contributed by atoms with Crippen LogP contribution in [0.2, 0.25) is 0 Å². The van der Waals surface area contributed by atoms with Crippen LogP contribution in [-0.2, 0) is 6.42 Å². The topological polar surface area (TPSA) is 123 Å². The highest BCUT2D eigenvalue weighted by molar-refractivity contribution is 6.00. The van der Waals surface area contributed by atoms with E-state index in [1.54, 1.807) is 20.8 Å². The summed E-state index contributed by atoms with van der Waals surface area (Å²) in [6, 6.07) is 0. The number of hydrogen-bond donors (Lipinski definition) is 4. The Balaban J connectivity index is 0.00000108. The molecule has 2 heterocycles. The maximum atomic E-state index is 11.8. The van der Waals surface area contributed by atoms with E-state index in [2.05, 4.69) is 23.8 Å². The summed E-state index contributed by atoms with van der Waals surface area (Å²) in [5, 5.41) is 16.8. The van der Waals surface area contributed by atoms with Crippen molar-refractivity contribution < 1.29 is 24.6 Å². The predicted molar refractivity (Wildman–Crippen MR) is 110 cm³/mol. The fourth-order valence-corrected chi connectivity index (χ4v) is 2.84.